The van der Waals surface area contributed by atoms with Crippen molar-refractivity contribution in [1.29, 1.82) is 0 Å². The second-order valence-electron chi connectivity index (χ2n) is 9.37. The van der Waals surface area contributed by atoms with Gasteiger partial charge in [0.1, 0.15) is 0 Å². The molecule has 2 nitrogen and oxygen atoms in total. The lowest BCUT2D eigenvalue weighted by molar-refractivity contribution is -0.953. The normalized spacial score (nSPS) is 21.1. The number of fused-ring (bicyclic) bond motifs is 1. The Morgan fingerprint density at radius 2 is 1.55 bits per heavy atom. The average Bonchev–Trinajstić information content (AvgIpc) is 3.19. The quantitative estimate of drug-likeness (QED) is 0.542. The van der Waals surface area contributed by atoms with E-state index in [0.717, 1.165) is 6.04 Å². The molecule has 1 unspecified atom stereocenters. The predicted octanol–water partition coefficient (Wildman–Crippen LogP) is 5.77. The number of rotatable bonds is 7. The molecule has 156 valence electrons. The van der Waals surface area contributed by atoms with Crippen LogP contribution in [0.1, 0.15) is 56.2 Å². The van der Waals surface area contributed by atoms with E-state index < -0.39 is 0 Å². The summed E-state index contributed by atoms with van der Waals surface area (Å²) in [6, 6.07) is 19.8. The molecule has 29 heavy (non-hydrogen) atoms. The molecule has 0 bridgehead atoms. The van der Waals surface area contributed by atoms with E-state index >= 15 is 0 Å². The van der Waals surface area contributed by atoms with Gasteiger partial charge in [-0.25, -0.2) is 0 Å². The lowest BCUT2D eigenvalue weighted by atomic mass is 9.94. The minimum Gasteiger partial charge on any atom is -0.368 e. The topological polar surface area (TPSA) is 3.24 Å². The van der Waals surface area contributed by atoms with Gasteiger partial charge in [-0.05, 0) is 76.1 Å². The van der Waals surface area contributed by atoms with E-state index in [9.17, 15) is 0 Å². The van der Waals surface area contributed by atoms with E-state index in [-0.39, 0.29) is 0 Å². The van der Waals surface area contributed by atoms with Gasteiger partial charge in [0.2, 0.25) is 0 Å². The van der Waals surface area contributed by atoms with E-state index in [1.165, 1.54) is 80.4 Å². The zero-order valence-electron chi connectivity index (χ0n) is 18.7. The van der Waals surface area contributed by atoms with Gasteiger partial charge in [-0.15, -0.1) is 0 Å². The molecule has 0 aromatic heterocycles. The Balaban J connectivity index is 1.54. The summed E-state index contributed by atoms with van der Waals surface area (Å²) in [6.07, 6.45) is 7.95. The Hall–Kier alpha value is -1.80. The molecule has 2 aromatic rings. The largest absolute Gasteiger partial charge is 0.368 e. The number of anilines is 1. The van der Waals surface area contributed by atoms with Crippen molar-refractivity contribution in [3.05, 3.63) is 65.2 Å². The molecule has 2 aliphatic rings. The fourth-order valence-corrected chi connectivity index (χ4v) is 6.04. The predicted molar refractivity (Wildman–Crippen MR) is 125 cm³/mol. The van der Waals surface area contributed by atoms with E-state index in [1.807, 2.05) is 0 Å². The first-order valence-corrected chi connectivity index (χ1v) is 11.9. The molecule has 1 heterocycles. The lowest BCUT2D eigenvalue weighted by Gasteiger charge is -2.47. The van der Waals surface area contributed by atoms with Crippen LogP contribution in [0, 0.1) is 6.92 Å². The Morgan fingerprint density at radius 1 is 0.897 bits per heavy atom. The molecule has 1 aliphatic carbocycles. The first kappa shape index (κ1) is 20.5. The van der Waals surface area contributed by atoms with Crippen LogP contribution < -0.4 is 4.90 Å². The van der Waals surface area contributed by atoms with Crippen molar-refractivity contribution >= 4 is 5.69 Å². The first-order chi connectivity index (χ1) is 14.1. The van der Waals surface area contributed by atoms with Gasteiger partial charge in [-0.3, -0.25) is 0 Å². The van der Waals surface area contributed by atoms with Crippen molar-refractivity contribution in [2.75, 3.05) is 31.1 Å². The Kier molecular flexibility index (Phi) is 6.29. The number of likely N-dealkylation sites (tertiary alicyclic amines) is 1. The van der Waals surface area contributed by atoms with E-state index in [1.54, 1.807) is 11.1 Å². The molecule has 1 atom stereocenters. The van der Waals surface area contributed by atoms with Gasteiger partial charge < -0.3 is 9.38 Å². The number of piperidine rings is 1. The number of aryl methyl sites for hydroxylation is 1. The van der Waals surface area contributed by atoms with Crippen molar-refractivity contribution in [2.24, 2.45) is 0 Å². The molecule has 1 saturated heterocycles. The molecule has 1 fully saturated rings. The Bertz CT molecular complexity index is 765. The molecule has 0 radical (unpaired) electrons. The fraction of sp³-hybridized carbons (Fsp3) is 0.556. The van der Waals surface area contributed by atoms with Crippen LogP contribution in [0.5, 0.6) is 0 Å². The number of hydrogen-bond acceptors (Lipinski definition) is 1. The second kappa shape index (κ2) is 8.92. The van der Waals surface area contributed by atoms with Gasteiger partial charge >= 0.3 is 0 Å². The van der Waals surface area contributed by atoms with Crippen LogP contribution in [-0.2, 0) is 12.8 Å². The highest BCUT2D eigenvalue weighted by Gasteiger charge is 2.37. The molecule has 0 saturated carbocycles. The molecule has 2 aromatic carbocycles. The van der Waals surface area contributed by atoms with Crippen LogP contribution in [0.25, 0.3) is 0 Å². The minimum atomic E-state index is 0.601. The summed E-state index contributed by atoms with van der Waals surface area (Å²) in [4.78, 5) is 2.74. The van der Waals surface area contributed by atoms with Gasteiger partial charge in [-0.1, -0.05) is 42.0 Å². The maximum atomic E-state index is 2.74. The number of quaternary nitrogens is 1. The first-order valence-electron chi connectivity index (χ1n) is 11.9. The van der Waals surface area contributed by atoms with Crippen molar-refractivity contribution < 1.29 is 4.48 Å². The Labute approximate surface area is 178 Å². The van der Waals surface area contributed by atoms with Gasteiger partial charge in [0, 0.05) is 24.7 Å². The zero-order valence-corrected chi connectivity index (χ0v) is 18.7. The van der Waals surface area contributed by atoms with Gasteiger partial charge in [0.25, 0.3) is 0 Å². The highest BCUT2D eigenvalue weighted by atomic mass is 15.4. The van der Waals surface area contributed by atoms with Crippen LogP contribution in [0.15, 0.2) is 48.5 Å². The summed E-state index contributed by atoms with van der Waals surface area (Å²) in [5, 5.41) is 0. The summed E-state index contributed by atoms with van der Waals surface area (Å²) in [6.45, 7) is 12.2. The third-order valence-corrected chi connectivity index (χ3v) is 7.96. The number of nitrogens with zero attached hydrogens (tertiary/aromatic N) is 2. The standard InChI is InChI=1S/C27H39N2/c1-4-29(5-2)19-9-8-12-27(29)17-18-28(25-15-13-22(3)14-16-25)26-20-23-10-6-7-11-24(23)21-26/h6-7,10-11,13-16,26-27H,4-5,8-9,12,17-21H2,1-3H3/q+1. The van der Waals surface area contributed by atoms with E-state index in [4.69, 9.17) is 0 Å². The second-order valence-corrected chi connectivity index (χ2v) is 9.37. The summed E-state index contributed by atoms with van der Waals surface area (Å²) in [5.74, 6) is 0. The molecular weight excluding hydrogens is 352 g/mol. The molecule has 0 spiro atoms. The lowest BCUT2D eigenvalue weighted by Crippen LogP contribution is -2.58. The van der Waals surface area contributed by atoms with Crippen LogP contribution in [-0.4, -0.2) is 42.7 Å². The summed E-state index contributed by atoms with van der Waals surface area (Å²) in [5.41, 5.74) is 5.87. The van der Waals surface area contributed by atoms with Crippen molar-refractivity contribution in [3.8, 4) is 0 Å². The molecule has 1 aliphatic heterocycles. The zero-order chi connectivity index (χ0) is 20.3. The third kappa shape index (κ3) is 4.23. The molecule has 0 N–H and O–H groups in total. The van der Waals surface area contributed by atoms with Crippen molar-refractivity contribution in [2.45, 2.75) is 71.4 Å². The van der Waals surface area contributed by atoms with Crippen LogP contribution in [0.3, 0.4) is 0 Å². The maximum absolute atomic E-state index is 2.74. The summed E-state index contributed by atoms with van der Waals surface area (Å²) >= 11 is 0. The van der Waals surface area contributed by atoms with Crippen molar-refractivity contribution in [1.82, 2.24) is 0 Å². The SMILES string of the molecule is CC[N+]1(CC)CCCCC1CCN(c1ccc(C)cc1)C1Cc2ccccc2C1. The van der Waals surface area contributed by atoms with Gasteiger partial charge in [-0.2, -0.15) is 0 Å². The monoisotopic (exact) mass is 391 g/mol. The van der Waals surface area contributed by atoms with Crippen LogP contribution in [0.4, 0.5) is 5.69 Å². The van der Waals surface area contributed by atoms with Crippen LogP contribution >= 0.6 is 0 Å². The van der Waals surface area contributed by atoms with E-state index in [0.29, 0.717) is 6.04 Å². The molecular formula is C27H39N2+. The maximum Gasteiger partial charge on any atom is 0.0907 e. The minimum absolute atomic E-state index is 0.601. The van der Waals surface area contributed by atoms with Crippen molar-refractivity contribution in [3.63, 3.8) is 0 Å². The molecule has 0 amide bonds. The Morgan fingerprint density at radius 3 is 2.17 bits per heavy atom. The van der Waals surface area contributed by atoms with Gasteiger partial charge in [0.05, 0.1) is 25.7 Å². The fourth-order valence-electron chi connectivity index (χ4n) is 6.04. The number of benzene rings is 2. The smallest absolute Gasteiger partial charge is 0.0907 e. The molecule has 4 rings (SSSR count). The highest BCUT2D eigenvalue weighted by Crippen LogP contribution is 2.32. The average molecular weight is 392 g/mol. The molecule has 2 heteroatoms. The summed E-state index contributed by atoms with van der Waals surface area (Å²) in [7, 11) is 0. The number of hydrogen-bond donors (Lipinski definition) is 0. The van der Waals surface area contributed by atoms with E-state index in [2.05, 4.69) is 74.2 Å². The highest BCUT2D eigenvalue weighted by molar-refractivity contribution is 5.50. The third-order valence-electron chi connectivity index (χ3n) is 7.96. The van der Waals surface area contributed by atoms with Gasteiger partial charge in [0.15, 0.2) is 0 Å². The van der Waals surface area contributed by atoms with Crippen LogP contribution in [0.2, 0.25) is 0 Å². The summed E-state index contributed by atoms with van der Waals surface area (Å²) < 4.78 is 1.34.